The summed E-state index contributed by atoms with van der Waals surface area (Å²) in [6.07, 6.45) is -0.391. The second-order valence-corrected chi connectivity index (χ2v) is 7.74. The van der Waals surface area contributed by atoms with Crippen LogP contribution < -0.4 is 0 Å². The number of rotatable bonds is 2. The molecule has 0 radical (unpaired) electrons. The fraction of sp³-hybridized carbons (Fsp3) is 0.444. The molecule has 18 heavy (non-hydrogen) atoms. The molecule has 0 aliphatic carbocycles. The number of carbonyl (C=O) groups is 1. The van der Waals surface area contributed by atoms with Crippen molar-refractivity contribution in [2.24, 2.45) is 0 Å². The van der Waals surface area contributed by atoms with E-state index < -0.39 is 38.0 Å². The molecule has 0 saturated carbocycles. The Kier molecular flexibility index (Phi) is 3.20. The Labute approximate surface area is 104 Å². The van der Waals surface area contributed by atoms with Gasteiger partial charge in [-0.3, -0.25) is 0 Å². The number of hydrogen-bond donors (Lipinski definition) is 0. The number of hydrogen-bond acceptors (Lipinski definition) is 7. The van der Waals surface area contributed by atoms with Crippen LogP contribution in [0.5, 0.6) is 0 Å². The lowest BCUT2D eigenvalue weighted by Crippen LogP contribution is -2.25. The minimum Gasteiger partial charge on any atom is -0.426 e. The van der Waals surface area contributed by atoms with E-state index in [1.54, 1.807) is 0 Å². The molecule has 0 aromatic carbocycles. The average molecular weight is 294 g/mol. The van der Waals surface area contributed by atoms with Crippen molar-refractivity contribution in [1.29, 1.82) is 0 Å². The summed E-state index contributed by atoms with van der Waals surface area (Å²) in [6, 6.07) is 0. The molecule has 2 aliphatic heterocycles. The van der Waals surface area contributed by atoms with E-state index in [1.807, 2.05) is 0 Å². The maximum Gasteiger partial charge on any atom is 0.509 e. The van der Waals surface area contributed by atoms with Gasteiger partial charge in [0.2, 0.25) is 0 Å². The normalized spacial score (nSPS) is 31.3. The van der Waals surface area contributed by atoms with Gasteiger partial charge in [0.05, 0.1) is 11.5 Å². The molecule has 0 amide bonds. The highest BCUT2D eigenvalue weighted by Gasteiger charge is 2.29. The second-order valence-electron chi connectivity index (χ2n) is 3.88. The van der Waals surface area contributed by atoms with Crippen LogP contribution in [0.3, 0.4) is 0 Å². The minimum absolute atomic E-state index is 0.319. The van der Waals surface area contributed by atoms with E-state index in [0.717, 1.165) is 10.8 Å². The van der Waals surface area contributed by atoms with E-state index in [0.29, 0.717) is 0 Å². The monoisotopic (exact) mass is 294 g/mol. The van der Waals surface area contributed by atoms with Crippen LogP contribution >= 0.6 is 0 Å². The summed E-state index contributed by atoms with van der Waals surface area (Å²) in [4.78, 5) is 11.3. The maximum absolute atomic E-state index is 11.3. The van der Waals surface area contributed by atoms with E-state index >= 15 is 0 Å². The Balaban J connectivity index is 1.84. The van der Waals surface area contributed by atoms with Gasteiger partial charge in [-0.05, 0) is 12.2 Å². The van der Waals surface area contributed by atoms with E-state index in [4.69, 9.17) is 9.47 Å². The van der Waals surface area contributed by atoms with Gasteiger partial charge in [0.25, 0.3) is 0 Å². The quantitative estimate of drug-likeness (QED) is 0.647. The van der Waals surface area contributed by atoms with E-state index in [9.17, 15) is 21.6 Å². The van der Waals surface area contributed by atoms with Gasteiger partial charge in [0.1, 0.15) is 12.2 Å². The smallest absolute Gasteiger partial charge is 0.426 e. The van der Waals surface area contributed by atoms with Gasteiger partial charge in [-0.15, -0.1) is 0 Å². The topological polar surface area (TPSA) is 104 Å². The van der Waals surface area contributed by atoms with Gasteiger partial charge in [-0.1, -0.05) is 0 Å². The Morgan fingerprint density at radius 1 is 0.889 bits per heavy atom. The lowest BCUT2D eigenvalue weighted by atomic mass is 10.4. The molecule has 0 fully saturated rings. The molecular weight excluding hydrogens is 284 g/mol. The van der Waals surface area contributed by atoms with Crippen LogP contribution in [0.25, 0.3) is 0 Å². The zero-order valence-electron chi connectivity index (χ0n) is 9.05. The number of ether oxygens (including phenoxy) is 2. The third kappa shape index (κ3) is 3.33. The first-order chi connectivity index (χ1) is 8.26. The summed E-state index contributed by atoms with van der Waals surface area (Å²) < 4.78 is 53.6. The highest BCUT2D eigenvalue weighted by molar-refractivity contribution is 7.94. The van der Waals surface area contributed by atoms with Crippen molar-refractivity contribution in [3.8, 4) is 0 Å². The summed E-state index contributed by atoms with van der Waals surface area (Å²) >= 11 is 0. The standard InChI is InChI=1S/C9H10O7S2/c10-9(15-7-1-3-17(11,12)5-7)16-8-2-4-18(13,14)6-8/h1-4,7-8H,5-6H2/t7-,8+. The number of carbonyl (C=O) groups excluding carboxylic acids is 1. The molecule has 0 aromatic heterocycles. The molecule has 0 spiro atoms. The van der Waals surface area contributed by atoms with Crippen LogP contribution in [0, 0.1) is 0 Å². The van der Waals surface area contributed by atoms with E-state index in [1.165, 1.54) is 12.2 Å². The third-order valence-corrected chi connectivity index (χ3v) is 5.02. The van der Waals surface area contributed by atoms with Crippen molar-refractivity contribution >= 4 is 25.8 Å². The van der Waals surface area contributed by atoms with Crippen LogP contribution in [0.15, 0.2) is 23.0 Å². The average Bonchev–Trinajstić information content (AvgIpc) is 2.69. The molecule has 0 N–H and O–H groups in total. The van der Waals surface area contributed by atoms with Gasteiger partial charge >= 0.3 is 6.16 Å². The molecule has 2 rings (SSSR count). The molecule has 9 heteroatoms. The van der Waals surface area contributed by atoms with Crippen molar-refractivity contribution in [1.82, 2.24) is 0 Å². The molecule has 2 aliphatic rings. The molecule has 7 nitrogen and oxygen atoms in total. The summed E-state index contributed by atoms with van der Waals surface area (Å²) in [7, 11) is -6.62. The van der Waals surface area contributed by atoms with Crippen LogP contribution in [0.4, 0.5) is 4.79 Å². The molecule has 0 aromatic rings. The van der Waals surface area contributed by atoms with E-state index in [2.05, 4.69) is 0 Å². The van der Waals surface area contributed by atoms with Gasteiger partial charge < -0.3 is 9.47 Å². The predicted molar refractivity (Wildman–Crippen MR) is 61.0 cm³/mol. The maximum atomic E-state index is 11.3. The molecule has 2 atom stereocenters. The highest BCUT2D eigenvalue weighted by Crippen LogP contribution is 2.15. The summed E-state index contributed by atoms with van der Waals surface area (Å²) in [5.41, 5.74) is 0. The van der Waals surface area contributed by atoms with Crippen molar-refractivity contribution in [3.63, 3.8) is 0 Å². The first-order valence-electron chi connectivity index (χ1n) is 4.95. The van der Waals surface area contributed by atoms with Crippen molar-refractivity contribution in [2.45, 2.75) is 12.2 Å². The zero-order valence-corrected chi connectivity index (χ0v) is 10.7. The lowest BCUT2D eigenvalue weighted by molar-refractivity contribution is 0.0322. The van der Waals surface area contributed by atoms with Crippen LogP contribution in [0.2, 0.25) is 0 Å². The molecule has 0 unspecified atom stereocenters. The molecule has 0 bridgehead atoms. The van der Waals surface area contributed by atoms with E-state index in [-0.39, 0.29) is 11.5 Å². The van der Waals surface area contributed by atoms with Crippen molar-refractivity contribution in [3.05, 3.63) is 23.0 Å². The molecule has 0 saturated heterocycles. The van der Waals surface area contributed by atoms with Crippen LogP contribution in [-0.2, 0) is 29.1 Å². The summed E-state index contributed by atoms with van der Waals surface area (Å²) in [6.45, 7) is 0. The Bertz CT molecular complexity index is 557. The molecular formula is C9H10O7S2. The van der Waals surface area contributed by atoms with Gasteiger partial charge in [0.15, 0.2) is 19.7 Å². The Hall–Kier alpha value is -1.35. The van der Waals surface area contributed by atoms with Gasteiger partial charge in [-0.25, -0.2) is 21.6 Å². The van der Waals surface area contributed by atoms with Gasteiger partial charge in [0, 0.05) is 10.8 Å². The Morgan fingerprint density at radius 2 is 1.28 bits per heavy atom. The molecule has 100 valence electrons. The predicted octanol–water partition coefficient (Wildman–Crippen LogP) is -0.239. The fourth-order valence-corrected chi connectivity index (χ4v) is 3.84. The Morgan fingerprint density at radius 3 is 1.56 bits per heavy atom. The van der Waals surface area contributed by atoms with Crippen LogP contribution in [-0.4, -0.2) is 46.7 Å². The summed E-state index contributed by atoms with van der Waals surface area (Å²) in [5, 5.41) is 1.93. The zero-order chi connectivity index (χ0) is 13.4. The van der Waals surface area contributed by atoms with Crippen molar-refractivity contribution < 1.29 is 31.1 Å². The largest absolute Gasteiger partial charge is 0.509 e. The minimum atomic E-state index is -3.31. The summed E-state index contributed by atoms with van der Waals surface area (Å²) in [5.74, 6) is -0.637. The molecule has 2 heterocycles. The first kappa shape index (κ1) is 13.1. The lowest BCUT2D eigenvalue weighted by Gasteiger charge is -2.12. The first-order valence-corrected chi connectivity index (χ1v) is 8.38. The van der Waals surface area contributed by atoms with Crippen LogP contribution in [0.1, 0.15) is 0 Å². The third-order valence-electron chi connectivity index (χ3n) is 2.29. The SMILES string of the molecule is O=C(O[C@@H]1C=CS(=O)(=O)C1)O[C@H]1C=CS(=O)(=O)C1. The fourth-order valence-electron chi connectivity index (χ4n) is 1.52. The highest BCUT2D eigenvalue weighted by atomic mass is 32.2. The second kappa shape index (κ2) is 4.39. The number of sulfone groups is 2. The van der Waals surface area contributed by atoms with Gasteiger partial charge in [-0.2, -0.15) is 0 Å². The van der Waals surface area contributed by atoms with Crippen molar-refractivity contribution in [2.75, 3.05) is 11.5 Å².